The third kappa shape index (κ3) is 5.50. The molecular formula is C6H9ClFN. The molecule has 0 aromatic rings. The van der Waals surface area contributed by atoms with Gasteiger partial charge < -0.3 is 0 Å². The quantitative estimate of drug-likeness (QED) is 0.429. The van der Waals surface area contributed by atoms with Gasteiger partial charge >= 0.3 is 0 Å². The zero-order valence-corrected chi connectivity index (χ0v) is 5.81. The Labute approximate surface area is 59.2 Å². The van der Waals surface area contributed by atoms with Crippen LogP contribution in [0.25, 0.3) is 0 Å². The van der Waals surface area contributed by atoms with E-state index in [4.69, 9.17) is 11.6 Å². The predicted molar refractivity (Wildman–Crippen MR) is 38.9 cm³/mol. The van der Waals surface area contributed by atoms with Crippen molar-refractivity contribution in [2.24, 2.45) is 4.99 Å². The molecule has 0 aromatic heterocycles. The second-order valence-electron chi connectivity index (χ2n) is 1.50. The summed E-state index contributed by atoms with van der Waals surface area (Å²) in [4.78, 5) is 3.60. The fraction of sp³-hybridized carbons (Fsp3) is 0.500. The number of nitrogens with zero attached hydrogens (tertiary/aromatic N) is 1. The van der Waals surface area contributed by atoms with E-state index in [2.05, 4.69) is 11.6 Å². The van der Waals surface area contributed by atoms with Crippen LogP contribution < -0.4 is 0 Å². The third-order valence-corrected chi connectivity index (χ3v) is 1.07. The van der Waals surface area contributed by atoms with E-state index in [0.29, 0.717) is 0 Å². The van der Waals surface area contributed by atoms with Crippen LogP contribution in [0.1, 0.15) is 6.42 Å². The van der Waals surface area contributed by atoms with Gasteiger partial charge in [0.15, 0.2) is 0 Å². The van der Waals surface area contributed by atoms with Crippen molar-refractivity contribution in [3.63, 3.8) is 0 Å². The molecule has 3 heteroatoms. The number of hydrogen-bond donors (Lipinski definition) is 0. The van der Waals surface area contributed by atoms with Crippen molar-refractivity contribution >= 4 is 17.8 Å². The molecule has 0 aromatic carbocycles. The fourth-order valence-electron chi connectivity index (χ4n) is 0.313. The van der Waals surface area contributed by atoms with Crippen LogP contribution in [-0.4, -0.2) is 18.3 Å². The maximum atomic E-state index is 12.2. The van der Waals surface area contributed by atoms with Gasteiger partial charge in [0.2, 0.25) is 0 Å². The van der Waals surface area contributed by atoms with E-state index in [1.807, 2.05) is 0 Å². The lowest BCUT2D eigenvalue weighted by Gasteiger charge is -1.94. The van der Waals surface area contributed by atoms with Gasteiger partial charge in [-0.3, -0.25) is 4.99 Å². The Kier molecular flexibility index (Phi) is 5.52. The lowest BCUT2D eigenvalue weighted by atomic mass is 10.3. The highest BCUT2D eigenvalue weighted by Gasteiger charge is 1.99. The highest BCUT2D eigenvalue weighted by Crippen LogP contribution is 1.97. The van der Waals surface area contributed by atoms with Gasteiger partial charge in [0, 0.05) is 18.8 Å². The zero-order valence-electron chi connectivity index (χ0n) is 5.06. The van der Waals surface area contributed by atoms with Crippen molar-refractivity contribution in [3.8, 4) is 0 Å². The zero-order chi connectivity index (χ0) is 7.11. The molecule has 1 nitrogen and oxygen atoms in total. The summed E-state index contributed by atoms with van der Waals surface area (Å²) in [5.41, 5.74) is 0. The van der Waals surface area contributed by atoms with Gasteiger partial charge in [0.05, 0.1) is 5.88 Å². The Bertz CT molecular complexity index is 103. The van der Waals surface area contributed by atoms with Crippen LogP contribution in [0.2, 0.25) is 0 Å². The standard InChI is InChI=1S/C6H9ClFN/c1-2-9-4-3-6(8)5-7/h2,4,6H,1,3,5H2/b9-4-. The summed E-state index contributed by atoms with van der Waals surface area (Å²) < 4.78 is 12.2. The molecule has 1 atom stereocenters. The molecular weight excluding hydrogens is 141 g/mol. The minimum Gasteiger partial charge on any atom is -0.270 e. The highest BCUT2D eigenvalue weighted by atomic mass is 35.5. The van der Waals surface area contributed by atoms with E-state index in [-0.39, 0.29) is 12.3 Å². The topological polar surface area (TPSA) is 12.4 Å². The number of rotatable bonds is 4. The molecule has 52 valence electrons. The van der Waals surface area contributed by atoms with Gasteiger partial charge in [-0.25, -0.2) is 4.39 Å². The molecule has 0 saturated carbocycles. The summed E-state index contributed by atoms with van der Waals surface area (Å²) >= 11 is 5.17. The molecule has 0 rings (SSSR count). The van der Waals surface area contributed by atoms with Crippen molar-refractivity contribution in [3.05, 3.63) is 12.8 Å². The van der Waals surface area contributed by atoms with Crippen LogP contribution >= 0.6 is 11.6 Å². The van der Waals surface area contributed by atoms with E-state index in [9.17, 15) is 4.39 Å². The Morgan fingerprint density at radius 3 is 2.89 bits per heavy atom. The molecule has 1 unspecified atom stereocenters. The second-order valence-corrected chi connectivity index (χ2v) is 1.81. The average Bonchev–Trinajstić information content (AvgIpc) is 1.89. The minimum absolute atomic E-state index is 0.0309. The normalized spacial score (nSPS) is 14.0. The lowest BCUT2D eigenvalue weighted by Crippen LogP contribution is -2.00. The molecule has 0 aliphatic carbocycles. The molecule has 0 aliphatic heterocycles. The molecule has 0 saturated heterocycles. The molecule has 0 aliphatic rings. The summed E-state index contributed by atoms with van der Waals surface area (Å²) in [6.07, 6.45) is 2.12. The van der Waals surface area contributed by atoms with E-state index in [0.717, 1.165) is 0 Å². The van der Waals surface area contributed by atoms with Crippen molar-refractivity contribution in [1.82, 2.24) is 0 Å². The van der Waals surface area contributed by atoms with Crippen LogP contribution in [0.15, 0.2) is 17.8 Å². The molecule has 0 N–H and O–H groups in total. The number of hydrogen-bond acceptors (Lipinski definition) is 1. The van der Waals surface area contributed by atoms with Gasteiger partial charge in [-0.1, -0.05) is 6.58 Å². The van der Waals surface area contributed by atoms with Gasteiger partial charge in [0.25, 0.3) is 0 Å². The largest absolute Gasteiger partial charge is 0.270 e. The number of alkyl halides is 2. The highest BCUT2D eigenvalue weighted by molar-refractivity contribution is 6.18. The minimum atomic E-state index is -0.977. The molecule has 0 spiro atoms. The first-order chi connectivity index (χ1) is 4.31. The van der Waals surface area contributed by atoms with Crippen molar-refractivity contribution in [2.75, 3.05) is 5.88 Å². The lowest BCUT2D eigenvalue weighted by molar-refractivity contribution is 0.379. The smallest absolute Gasteiger partial charge is 0.118 e. The van der Waals surface area contributed by atoms with Crippen molar-refractivity contribution in [1.29, 1.82) is 0 Å². The maximum absolute atomic E-state index is 12.2. The van der Waals surface area contributed by atoms with Crippen LogP contribution in [0, 0.1) is 0 Å². The molecule has 0 radical (unpaired) electrons. The summed E-state index contributed by atoms with van der Waals surface area (Å²) in [6.45, 7) is 3.33. The van der Waals surface area contributed by atoms with Gasteiger partial charge in [-0.15, -0.1) is 11.6 Å². The predicted octanol–water partition coefficient (Wildman–Crippen LogP) is 2.17. The van der Waals surface area contributed by atoms with Crippen LogP contribution in [-0.2, 0) is 0 Å². The summed E-state index contributed by atoms with van der Waals surface area (Å²) in [5, 5.41) is 0. The third-order valence-electron chi connectivity index (χ3n) is 0.739. The monoisotopic (exact) mass is 149 g/mol. The van der Waals surface area contributed by atoms with Crippen LogP contribution in [0.5, 0.6) is 0 Å². The molecule has 0 fully saturated rings. The Balaban J connectivity index is 3.25. The Hall–Kier alpha value is -0.370. The van der Waals surface area contributed by atoms with Gasteiger partial charge in [-0.2, -0.15) is 0 Å². The van der Waals surface area contributed by atoms with Crippen molar-refractivity contribution < 1.29 is 4.39 Å². The van der Waals surface area contributed by atoms with Crippen molar-refractivity contribution in [2.45, 2.75) is 12.6 Å². The fourth-order valence-corrected chi connectivity index (χ4v) is 0.439. The maximum Gasteiger partial charge on any atom is 0.118 e. The second kappa shape index (κ2) is 5.76. The summed E-state index contributed by atoms with van der Waals surface area (Å²) in [7, 11) is 0. The van der Waals surface area contributed by atoms with Crippen LogP contribution in [0.4, 0.5) is 4.39 Å². The van der Waals surface area contributed by atoms with Gasteiger partial charge in [-0.05, 0) is 0 Å². The molecule has 0 heterocycles. The van der Waals surface area contributed by atoms with E-state index in [1.54, 1.807) is 0 Å². The van der Waals surface area contributed by atoms with E-state index in [1.165, 1.54) is 12.4 Å². The Morgan fingerprint density at radius 1 is 1.78 bits per heavy atom. The SMILES string of the molecule is C=C/N=C\CC(F)CCl. The van der Waals surface area contributed by atoms with E-state index >= 15 is 0 Å². The first-order valence-electron chi connectivity index (χ1n) is 2.63. The number of aliphatic imine (C=N–C) groups is 1. The Morgan fingerprint density at radius 2 is 2.44 bits per heavy atom. The van der Waals surface area contributed by atoms with Gasteiger partial charge in [0.1, 0.15) is 6.17 Å². The first-order valence-corrected chi connectivity index (χ1v) is 3.17. The van der Waals surface area contributed by atoms with Crippen LogP contribution in [0.3, 0.4) is 0 Å². The molecule has 0 bridgehead atoms. The summed E-state index contributed by atoms with van der Waals surface area (Å²) in [6, 6.07) is 0. The molecule has 0 amide bonds. The molecule has 9 heavy (non-hydrogen) atoms. The summed E-state index contributed by atoms with van der Waals surface area (Å²) in [5.74, 6) is 0.0309. The first kappa shape index (κ1) is 8.63. The average molecular weight is 150 g/mol. The number of halogens is 2. The van der Waals surface area contributed by atoms with E-state index < -0.39 is 6.17 Å².